The van der Waals surface area contributed by atoms with Gasteiger partial charge in [0.25, 0.3) is 5.56 Å². The lowest BCUT2D eigenvalue weighted by Crippen LogP contribution is -2.28. The summed E-state index contributed by atoms with van der Waals surface area (Å²) in [6, 6.07) is 13.9. The molecular weight excluding hydrogens is 404 g/mol. The van der Waals surface area contributed by atoms with Crippen molar-refractivity contribution in [3.63, 3.8) is 0 Å². The van der Waals surface area contributed by atoms with Crippen LogP contribution in [0.5, 0.6) is 11.5 Å². The van der Waals surface area contributed by atoms with E-state index in [9.17, 15) is 9.90 Å². The maximum atomic E-state index is 12.1. The molecule has 3 aromatic rings. The van der Waals surface area contributed by atoms with Crippen LogP contribution in [0.4, 0.5) is 0 Å². The van der Waals surface area contributed by atoms with E-state index in [-0.39, 0.29) is 12.2 Å². The second-order valence-electron chi connectivity index (χ2n) is 8.69. The van der Waals surface area contributed by atoms with Gasteiger partial charge in [0.15, 0.2) is 11.5 Å². The molecule has 1 aromatic heterocycles. The van der Waals surface area contributed by atoms with Gasteiger partial charge in [-0.1, -0.05) is 43.7 Å². The predicted octanol–water partition coefficient (Wildman–Crippen LogP) is 4.82. The Kier molecular flexibility index (Phi) is 8.61. The summed E-state index contributed by atoms with van der Waals surface area (Å²) in [7, 11) is 1.52. The van der Waals surface area contributed by atoms with Gasteiger partial charge in [0, 0.05) is 18.5 Å². The summed E-state index contributed by atoms with van der Waals surface area (Å²) in [5.41, 5.74) is 2.71. The van der Waals surface area contributed by atoms with Gasteiger partial charge >= 0.3 is 0 Å². The van der Waals surface area contributed by atoms with Crippen molar-refractivity contribution in [2.45, 2.75) is 53.1 Å². The lowest BCUT2D eigenvalue weighted by atomic mass is 10.0. The zero-order chi connectivity index (χ0) is 23.9. The van der Waals surface area contributed by atoms with Gasteiger partial charge in [-0.25, -0.2) is 0 Å². The molecule has 0 aliphatic rings. The number of methoxy groups -OCH3 is 1. The van der Waals surface area contributed by atoms with Gasteiger partial charge < -0.3 is 14.6 Å². The van der Waals surface area contributed by atoms with Crippen LogP contribution in [0.15, 0.2) is 59.7 Å². The average molecular weight is 439 g/mol. The molecule has 6 heteroatoms. The van der Waals surface area contributed by atoms with Crippen molar-refractivity contribution in [3.8, 4) is 17.2 Å². The molecule has 0 saturated heterocycles. The molecule has 0 aliphatic carbocycles. The fourth-order valence-corrected chi connectivity index (χ4v) is 2.84. The van der Waals surface area contributed by atoms with Crippen LogP contribution in [0, 0.1) is 13.8 Å². The molecule has 1 heterocycles. The number of hydrogen-bond acceptors (Lipinski definition) is 5. The number of aromatic nitrogens is 2. The molecule has 0 spiro atoms. The molecule has 0 unspecified atom stereocenters. The Morgan fingerprint density at radius 2 is 1.72 bits per heavy atom. The van der Waals surface area contributed by atoms with Gasteiger partial charge in [-0.15, -0.1) is 0 Å². The highest BCUT2D eigenvalue weighted by molar-refractivity contribution is 5.49. The van der Waals surface area contributed by atoms with Gasteiger partial charge in [-0.2, -0.15) is 0 Å². The normalized spacial score (nSPS) is 11.0. The lowest BCUT2D eigenvalue weighted by molar-refractivity contribution is 0.0276. The summed E-state index contributed by atoms with van der Waals surface area (Å²) in [6.07, 6.45) is 3.17. The number of aliphatic hydroxyl groups is 1. The molecule has 0 bridgehead atoms. The maximum Gasteiger partial charge on any atom is 0.276 e. The van der Waals surface area contributed by atoms with Crippen LogP contribution >= 0.6 is 0 Å². The molecule has 0 saturated carbocycles. The van der Waals surface area contributed by atoms with Crippen LogP contribution in [0.25, 0.3) is 5.69 Å². The highest BCUT2D eigenvalue weighted by Gasteiger charge is 2.16. The standard InChI is InChI=1S/C16H20N2O4.C10H14/c1-11-15(19)18(8-7-17-11)12-5-6-13(14(9-12)21-4)22-10-16(2,3)20;1-8(2)10-6-4-9(3)5-7-10/h5-9,20H,10H2,1-4H3;4-8H,1-3H3. The Balaban J connectivity index is 0.000000303. The first-order chi connectivity index (χ1) is 15.0. The first-order valence-corrected chi connectivity index (χ1v) is 10.7. The molecule has 2 aromatic carbocycles. The van der Waals surface area contributed by atoms with Gasteiger partial charge in [0.1, 0.15) is 12.3 Å². The predicted molar refractivity (Wildman–Crippen MR) is 128 cm³/mol. The van der Waals surface area contributed by atoms with E-state index in [0.717, 1.165) is 0 Å². The minimum absolute atomic E-state index is 0.136. The third-order valence-corrected chi connectivity index (χ3v) is 4.76. The van der Waals surface area contributed by atoms with E-state index in [0.29, 0.717) is 28.8 Å². The molecule has 0 radical (unpaired) electrons. The van der Waals surface area contributed by atoms with Crippen LogP contribution < -0.4 is 15.0 Å². The fraction of sp³-hybridized carbons (Fsp3) is 0.385. The smallest absolute Gasteiger partial charge is 0.276 e. The summed E-state index contributed by atoms with van der Waals surface area (Å²) in [5.74, 6) is 1.65. The number of nitrogens with zero attached hydrogens (tertiary/aromatic N) is 2. The first-order valence-electron chi connectivity index (χ1n) is 10.7. The number of aryl methyl sites for hydroxylation is 2. The van der Waals surface area contributed by atoms with E-state index in [2.05, 4.69) is 50.0 Å². The SMILES string of the molecule is COc1cc(-n2ccnc(C)c2=O)ccc1OCC(C)(C)O.Cc1ccc(C(C)C)cc1. The van der Waals surface area contributed by atoms with Crippen LogP contribution in [0.3, 0.4) is 0 Å². The average Bonchev–Trinajstić information content (AvgIpc) is 2.74. The summed E-state index contributed by atoms with van der Waals surface area (Å²) < 4.78 is 12.4. The van der Waals surface area contributed by atoms with Crippen LogP contribution in [-0.2, 0) is 0 Å². The second-order valence-corrected chi connectivity index (χ2v) is 8.69. The number of benzene rings is 2. The van der Waals surface area contributed by atoms with Gasteiger partial charge in [0.2, 0.25) is 0 Å². The molecule has 172 valence electrons. The van der Waals surface area contributed by atoms with Crippen molar-refractivity contribution < 1.29 is 14.6 Å². The zero-order valence-electron chi connectivity index (χ0n) is 20.0. The third-order valence-electron chi connectivity index (χ3n) is 4.76. The minimum atomic E-state index is -0.942. The van der Waals surface area contributed by atoms with E-state index in [1.54, 1.807) is 51.4 Å². The molecule has 0 fully saturated rings. The highest BCUT2D eigenvalue weighted by atomic mass is 16.5. The number of hydrogen-bond donors (Lipinski definition) is 1. The van der Waals surface area contributed by atoms with Crippen molar-refractivity contribution in [1.29, 1.82) is 0 Å². The fourth-order valence-electron chi connectivity index (χ4n) is 2.84. The maximum absolute atomic E-state index is 12.1. The summed E-state index contributed by atoms with van der Waals surface area (Å²) >= 11 is 0. The molecule has 0 atom stereocenters. The molecule has 32 heavy (non-hydrogen) atoms. The largest absolute Gasteiger partial charge is 0.493 e. The van der Waals surface area contributed by atoms with E-state index in [1.807, 2.05) is 0 Å². The number of ether oxygens (including phenoxy) is 2. The van der Waals surface area contributed by atoms with Crippen molar-refractivity contribution in [2.24, 2.45) is 0 Å². The van der Waals surface area contributed by atoms with E-state index < -0.39 is 5.60 Å². The minimum Gasteiger partial charge on any atom is -0.493 e. The molecule has 0 amide bonds. The quantitative estimate of drug-likeness (QED) is 0.597. The Morgan fingerprint density at radius 1 is 1.06 bits per heavy atom. The van der Waals surface area contributed by atoms with Crippen LogP contribution in [0.2, 0.25) is 0 Å². The summed E-state index contributed by atoms with van der Waals surface area (Å²) in [4.78, 5) is 16.1. The van der Waals surface area contributed by atoms with E-state index >= 15 is 0 Å². The summed E-state index contributed by atoms with van der Waals surface area (Å²) in [5, 5.41) is 9.72. The Labute approximate surface area is 190 Å². The molecule has 3 rings (SSSR count). The Hall–Kier alpha value is -3.12. The van der Waals surface area contributed by atoms with Crippen molar-refractivity contribution >= 4 is 0 Å². The van der Waals surface area contributed by atoms with E-state index in [4.69, 9.17) is 9.47 Å². The zero-order valence-corrected chi connectivity index (χ0v) is 20.0. The van der Waals surface area contributed by atoms with Crippen LogP contribution in [0.1, 0.15) is 50.4 Å². The topological polar surface area (TPSA) is 73.6 Å². The third kappa shape index (κ3) is 7.24. The first kappa shape index (κ1) is 25.1. The lowest BCUT2D eigenvalue weighted by Gasteiger charge is -2.19. The second kappa shape index (κ2) is 11.0. The summed E-state index contributed by atoms with van der Waals surface area (Å²) in [6.45, 7) is 11.7. The van der Waals surface area contributed by atoms with Gasteiger partial charge in [-0.3, -0.25) is 14.3 Å². The van der Waals surface area contributed by atoms with Gasteiger partial charge in [-0.05, 0) is 51.3 Å². The number of rotatable bonds is 6. The monoisotopic (exact) mass is 438 g/mol. The van der Waals surface area contributed by atoms with E-state index in [1.165, 1.54) is 22.8 Å². The van der Waals surface area contributed by atoms with Crippen molar-refractivity contribution in [3.05, 3.63) is 82.0 Å². The van der Waals surface area contributed by atoms with Gasteiger partial charge in [0.05, 0.1) is 18.4 Å². The van der Waals surface area contributed by atoms with Crippen LogP contribution in [-0.4, -0.2) is 34.0 Å². The highest BCUT2D eigenvalue weighted by Crippen LogP contribution is 2.29. The van der Waals surface area contributed by atoms with Crippen molar-refractivity contribution in [2.75, 3.05) is 13.7 Å². The molecule has 6 nitrogen and oxygen atoms in total. The van der Waals surface area contributed by atoms with Crippen molar-refractivity contribution in [1.82, 2.24) is 9.55 Å². The molecule has 0 aliphatic heterocycles. The molecular formula is C26H34N2O4. The Bertz CT molecular complexity index is 1060. The molecule has 1 N–H and O–H groups in total. The Morgan fingerprint density at radius 3 is 2.28 bits per heavy atom.